The van der Waals surface area contributed by atoms with Gasteiger partial charge in [-0.1, -0.05) is 29.7 Å². The Morgan fingerprint density at radius 1 is 1.11 bits per heavy atom. The van der Waals surface area contributed by atoms with Crippen LogP contribution in [0.4, 0.5) is 0 Å². The van der Waals surface area contributed by atoms with Crippen molar-refractivity contribution in [3.05, 3.63) is 58.7 Å². The Kier molecular flexibility index (Phi) is 6.98. The number of benzene rings is 2. The average molecular weight is 489 g/mol. The van der Waals surface area contributed by atoms with Gasteiger partial charge in [0.1, 0.15) is 35.3 Å². The van der Waals surface area contributed by atoms with Gasteiger partial charge in [0.05, 0.1) is 27.6 Å². The van der Waals surface area contributed by atoms with E-state index in [4.69, 9.17) is 40.9 Å². The van der Waals surface area contributed by atoms with E-state index in [1.54, 1.807) is 30.3 Å². The number of hydrogen-bond donors (Lipinski definition) is 1. The highest BCUT2D eigenvalue weighted by atomic mass is 16.5. The SMILES string of the molecule is [B]c1cc(C([B])N2CCOCC2)ccc1C([B])([B])Oc1cccc2c1CN(C1CCC(=O)NC1=O)C2=O. The highest BCUT2D eigenvalue weighted by Crippen LogP contribution is 2.36. The van der Waals surface area contributed by atoms with Crippen LogP contribution in [-0.4, -0.2) is 91.3 Å². The second-order valence-corrected chi connectivity index (χ2v) is 9.52. The fourth-order valence-corrected chi connectivity index (χ4v) is 5.08. The summed E-state index contributed by atoms with van der Waals surface area (Å²) in [6.07, 6.45) is 0.423. The van der Waals surface area contributed by atoms with Crippen molar-refractivity contribution in [1.29, 1.82) is 0 Å². The number of nitrogens with one attached hydrogen (secondary N) is 1. The molecule has 8 radical (unpaired) electrons. The van der Waals surface area contributed by atoms with Gasteiger partial charge in [-0.2, -0.15) is 0 Å². The second kappa shape index (κ2) is 10.1. The largest absolute Gasteiger partial charge is 0.502 e. The number of nitrogens with zero attached hydrogens (tertiary/aromatic N) is 2. The molecule has 0 saturated carbocycles. The third-order valence-electron chi connectivity index (χ3n) is 7.10. The van der Waals surface area contributed by atoms with Gasteiger partial charge in [-0.05, 0) is 35.6 Å². The summed E-state index contributed by atoms with van der Waals surface area (Å²) >= 11 is 0. The molecule has 5 rings (SSSR count). The van der Waals surface area contributed by atoms with Crippen LogP contribution in [0.15, 0.2) is 36.4 Å². The van der Waals surface area contributed by atoms with Crippen LogP contribution < -0.4 is 15.5 Å². The Labute approximate surface area is 221 Å². The number of piperidine rings is 1. The molecule has 1 N–H and O–H groups in total. The smallest absolute Gasteiger partial charge is 0.255 e. The van der Waals surface area contributed by atoms with E-state index in [2.05, 4.69) is 10.2 Å². The molecule has 12 heteroatoms. The molecule has 2 aromatic rings. The number of carbonyl (C=O) groups excluding carboxylic acids is 3. The van der Waals surface area contributed by atoms with E-state index in [1.807, 2.05) is 6.07 Å². The number of imide groups is 1. The van der Waals surface area contributed by atoms with Crippen LogP contribution >= 0.6 is 0 Å². The molecule has 2 unspecified atom stereocenters. The van der Waals surface area contributed by atoms with Crippen molar-refractivity contribution in [3.63, 3.8) is 0 Å². The minimum atomic E-state index is -1.81. The van der Waals surface area contributed by atoms with Crippen LogP contribution in [0, 0.1) is 0 Å². The standard InChI is InChI=1S/C25H23B4N3O5/c26-18-12-14(22(27)31-8-10-36-11-9-31)4-5-17(18)25(28,29)37-20-3-1-2-15-16(20)13-32(24(15)35)19-6-7-21(33)30-23(19)34/h1-5,12,19,22H,6-11,13H2,(H,30,33,34). The zero-order valence-corrected chi connectivity index (χ0v) is 20.3. The van der Waals surface area contributed by atoms with Gasteiger partial charge >= 0.3 is 0 Å². The van der Waals surface area contributed by atoms with E-state index < -0.39 is 17.3 Å². The number of rotatable bonds is 6. The molecule has 180 valence electrons. The molecular weight excluding hydrogens is 466 g/mol. The Hall–Kier alpha value is -2.97. The summed E-state index contributed by atoms with van der Waals surface area (Å²) in [5.41, 5.74) is 2.43. The molecule has 0 bridgehead atoms. The third-order valence-corrected chi connectivity index (χ3v) is 7.10. The molecular formula is C25H23B4N3O5. The quantitative estimate of drug-likeness (QED) is 0.426. The van der Waals surface area contributed by atoms with Crippen molar-refractivity contribution in [2.75, 3.05) is 26.3 Å². The van der Waals surface area contributed by atoms with Crippen molar-refractivity contribution in [3.8, 4) is 5.75 Å². The Bertz CT molecular complexity index is 1250. The molecule has 3 amide bonds. The molecule has 2 aromatic carbocycles. The first kappa shape index (κ1) is 25.7. The normalized spacial score (nSPS) is 21.5. The van der Waals surface area contributed by atoms with Crippen LogP contribution in [-0.2, 0) is 26.3 Å². The molecule has 2 saturated heterocycles. The van der Waals surface area contributed by atoms with E-state index in [1.165, 1.54) is 4.90 Å². The van der Waals surface area contributed by atoms with E-state index in [0.717, 1.165) is 18.7 Å². The van der Waals surface area contributed by atoms with Gasteiger partial charge in [-0.25, -0.2) is 0 Å². The molecule has 2 atom stereocenters. The number of hydrogen-bond acceptors (Lipinski definition) is 6. The monoisotopic (exact) mass is 489 g/mol. The van der Waals surface area contributed by atoms with E-state index >= 15 is 0 Å². The van der Waals surface area contributed by atoms with Crippen molar-refractivity contribution >= 4 is 54.6 Å². The predicted molar refractivity (Wildman–Crippen MR) is 139 cm³/mol. The maximum Gasteiger partial charge on any atom is 0.255 e. The highest BCUT2D eigenvalue weighted by Gasteiger charge is 2.40. The van der Waals surface area contributed by atoms with Crippen LogP contribution in [0.5, 0.6) is 5.75 Å². The number of fused-ring (bicyclic) bond motifs is 1. The van der Waals surface area contributed by atoms with Crippen molar-refractivity contribution in [1.82, 2.24) is 15.1 Å². The summed E-state index contributed by atoms with van der Waals surface area (Å²) < 4.78 is 11.4. The van der Waals surface area contributed by atoms with Crippen molar-refractivity contribution in [2.45, 2.75) is 36.8 Å². The molecule has 2 fully saturated rings. The van der Waals surface area contributed by atoms with Gasteiger partial charge in [-0.15, -0.1) is 0 Å². The molecule has 0 spiro atoms. The number of ether oxygens (including phenoxy) is 2. The van der Waals surface area contributed by atoms with Gasteiger partial charge in [0.2, 0.25) is 11.8 Å². The topological polar surface area (TPSA) is 88.2 Å². The summed E-state index contributed by atoms with van der Waals surface area (Å²) in [6.45, 7) is 2.80. The van der Waals surface area contributed by atoms with Gasteiger partial charge in [0.15, 0.2) is 0 Å². The zero-order chi connectivity index (χ0) is 26.3. The van der Waals surface area contributed by atoms with E-state index in [-0.39, 0.29) is 37.1 Å². The summed E-state index contributed by atoms with van der Waals surface area (Å²) in [4.78, 5) is 40.5. The molecule has 3 heterocycles. The first-order valence-electron chi connectivity index (χ1n) is 12.2. The molecule has 3 aliphatic rings. The van der Waals surface area contributed by atoms with Gasteiger partial charge < -0.3 is 19.3 Å². The Morgan fingerprint density at radius 3 is 2.57 bits per heavy atom. The molecule has 0 aliphatic carbocycles. The molecule has 37 heavy (non-hydrogen) atoms. The van der Waals surface area contributed by atoms with Crippen LogP contribution in [0.3, 0.4) is 0 Å². The molecule has 8 nitrogen and oxygen atoms in total. The van der Waals surface area contributed by atoms with Gasteiger partial charge in [0, 0.05) is 36.0 Å². The van der Waals surface area contributed by atoms with Crippen LogP contribution in [0.25, 0.3) is 0 Å². The number of carbonyl (C=O) groups is 3. The molecule has 0 aromatic heterocycles. The predicted octanol–water partition coefficient (Wildman–Crippen LogP) is -0.733. The van der Waals surface area contributed by atoms with Crippen LogP contribution in [0.1, 0.15) is 45.8 Å². The first-order chi connectivity index (χ1) is 17.7. The lowest BCUT2D eigenvalue weighted by molar-refractivity contribution is -0.136. The maximum absolute atomic E-state index is 13.1. The van der Waals surface area contributed by atoms with E-state index in [0.29, 0.717) is 41.1 Å². The lowest BCUT2D eigenvalue weighted by Crippen LogP contribution is -2.52. The highest BCUT2D eigenvalue weighted by molar-refractivity contribution is 6.42. The fraction of sp³-hybridized carbons (Fsp3) is 0.400. The lowest BCUT2D eigenvalue weighted by atomic mass is 9.58. The van der Waals surface area contributed by atoms with Gasteiger partial charge in [0.25, 0.3) is 5.91 Å². The summed E-state index contributed by atoms with van der Waals surface area (Å²) in [6, 6.07) is 9.46. The molecule has 3 aliphatic heterocycles. The lowest BCUT2D eigenvalue weighted by Gasteiger charge is -2.35. The summed E-state index contributed by atoms with van der Waals surface area (Å²) in [5, 5.41) is 0.479. The average Bonchev–Trinajstić information content (AvgIpc) is 3.21. The maximum atomic E-state index is 13.1. The Morgan fingerprint density at radius 2 is 1.86 bits per heavy atom. The second-order valence-electron chi connectivity index (χ2n) is 9.52. The summed E-state index contributed by atoms with van der Waals surface area (Å²) in [7, 11) is 25.6. The van der Waals surface area contributed by atoms with Crippen LogP contribution in [0.2, 0.25) is 0 Å². The number of amides is 3. The van der Waals surface area contributed by atoms with Crippen molar-refractivity contribution in [2.24, 2.45) is 0 Å². The third kappa shape index (κ3) is 4.97. The minimum absolute atomic E-state index is 0.121. The zero-order valence-electron chi connectivity index (χ0n) is 20.3. The number of morpholine rings is 1. The summed E-state index contributed by atoms with van der Waals surface area (Å²) in [5.74, 6) is -1.21. The minimum Gasteiger partial charge on any atom is -0.502 e. The van der Waals surface area contributed by atoms with Gasteiger partial charge in [-0.3, -0.25) is 19.7 Å². The fourth-order valence-electron chi connectivity index (χ4n) is 5.08. The first-order valence-corrected chi connectivity index (χ1v) is 12.2. The Balaban J connectivity index is 1.36. The van der Waals surface area contributed by atoms with E-state index in [9.17, 15) is 14.4 Å². The van der Waals surface area contributed by atoms with Crippen molar-refractivity contribution < 1.29 is 23.9 Å².